The molecule has 19 heavy (non-hydrogen) atoms. The van der Waals surface area contributed by atoms with E-state index in [9.17, 15) is 9.18 Å². The number of carbonyl (C=O) groups excluding carboxylic acids is 1. The summed E-state index contributed by atoms with van der Waals surface area (Å²) in [5, 5.41) is 0.417. The van der Waals surface area contributed by atoms with Crippen LogP contribution in [0.2, 0.25) is 5.02 Å². The molecule has 0 saturated carbocycles. The van der Waals surface area contributed by atoms with Crippen molar-refractivity contribution >= 4 is 33.3 Å². The van der Waals surface area contributed by atoms with Crippen LogP contribution in [-0.4, -0.2) is 12.9 Å². The minimum Gasteiger partial charge on any atom is -0.497 e. The largest absolute Gasteiger partial charge is 0.497 e. The maximum absolute atomic E-state index is 13.9. The summed E-state index contributed by atoms with van der Waals surface area (Å²) in [7, 11) is 1.43. The van der Waals surface area contributed by atoms with Crippen molar-refractivity contribution in [3.8, 4) is 5.75 Å². The summed E-state index contributed by atoms with van der Waals surface area (Å²) < 4.78 is 19.3. The van der Waals surface area contributed by atoms with Gasteiger partial charge in [-0.05, 0) is 30.3 Å². The van der Waals surface area contributed by atoms with Crippen LogP contribution in [0.15, 0.2) is 40.9 Å². The molecule has 0 atom stereocenters. The third-order valence-corrected chi connectivity index (χ3v) is 3.52. The van der Waals surface area contributed by atoms with Crippen molar-refractivity contribution in [3.05, 3.63) is 62.8 Å². The van der Waals surface area contributed by atoms with Gasteiger partial charge in [0.2, 0.25) is 0 Å². The van der Waals surface area contributed by atoms with E-state index >= 15 is 0 Å². The molecule has 0 heterocycles. The zero-order chi connectivity index (χ0) is 14.0. The molecule has 0 unspecified atom stereocenters. The molecule has 0 amide bonds. The summed E-state index contributed by atoms with van der Waals surface area (Å²) in [5.41, 5.74) is 0.292. The van der Waals surface area contributed by atoms with E-state index in [1.807, 2.05) is 0 Å². The molecule has 0 aliphatic rings. The maximum atomic E-state index is 13.9. The summed E-state index contributed by atoms with van der Waals surface area (Å²) in [6, 6.07) is 8.89. The molecule has 0 spiro atoms. The zero-order valence-corrected chi connectivity index (χ0v) is 12.3. The van der Waals surface area contributed by atoms with Gasteiger partial charge in [0.05, 0.1) is 12.7 Å². The lowest BCUT2D eigenvalue weighted by Gasteiger charge is -2.07. The number of ether oxygens (including phenoxy) is 1. The van der Waals surface area contributed by atoms with Crippen LogP contribution in [0.5, 0.6) is 5.75 Å². The average Bonchev–Trinajstić information content (AvgIpc) is 2.40. The smallest absolute Gasteiger partial charge is 0.197 e. The molecule has 2 aromatic carbocycles. The molecular formula is C14H9BrClFO2. The Hall–Kier alpha value is -1.39. The van der Waals surface area contributed by atoms with Gasteiger partial charge in [-0.2, -0.15) is 0 Å². The van der Waals surface area contributed by atoms with E-state index < -0.39 is 11.6 Å². The number of hydrogen-bond acceptors (Lipinski definition) is 2. The quantitative estimate of drug-likeness (QED) is 0.768. The molecule has 0 aliphatic heterocycles. The van der Waals surface area contributed by atoms with Crippen LogP contribution < -0.4 is 4.74 Å². The Balaban J connectivity index is 2.47. The Kier molecular flexibility index (Phi) is 4.22. The van der Waals surface area contributed by atoms with Crippen LogP contribution in [0, 0.1) is 5.82 Å². The van der Waals surface area contributed by atoms with Gasteiger partial charge in [0.1, 0.15) is 11.6 Å². The van der Waals surface area contributed by atoms with Crippen molar-refractivity contribution in [2.75, 3.05) is 7.11 Å². The lowest BCUT2D eigenvalue weighted by atomic mass is 10.0. The molecule has 5 heteroatoms. The molecular weight excluding hydrogens is 335 g/mol. The SMILES string of the molecule is COc1ccc(C(=O)c2cc(Cl)ccc2Br)c(F)c1. The molecule has 0 aliphatic carbocycles. The van der Waals surface area contributed by atoms with Gasteiger partial charge in [0.25, 0.3) is 0 Å². The summed E-state index contributed by atoms with van der Waals surface area (Å²) in [4.78, 5) is 12.3. The molecule has 2 nitrogen and oxygen atoms in total. The van der Waals surface area contributed by atoms with Crippen molar-refractivity contribution in [1.82, 2.24) is 0 Å². The fourth-order valence-electron chi connectivity index (χ4n) is 1.62. The third-order valence-electron chi connectivity index (χ3n) is 2.59. The highest BCUT2D eigenvalue weighted by molar-refractivity contribution is 9.10. The van der Waals surface area contributed by atoms with Gasteiger partial charge in [-0.1, -0.05) is 27.5 Å². The van der Waals surface area contributed by atoms with Gasteiger partial charge in [0.15, 0.2) is 5.78 Å². The number of halogens is 3. The van der Waals surface area contributed by atoms with Crippen molar-refractivity contribution in [2.45, 2.75) is 0 Å². The number of benzene rings is 2. The first-order valence-electron chi connectivity index (χ1n) is 5.36. The van der Waals surface area contributed by atoms with Crippen LogP contribution in [0.4, 0.5) is 4.39 Å². The van der Waals surface area contributed by atoms with Crippen LogP contribution in [0.3, 0.4) is 0 Å². The van der Waals surface area contributed by atoms with Gasteiger partial charge in [-0.25, -0.2) is 4.39 Å². The number of carbonyl (C=O) groups is 1. The first-order chi connectivity index (χ1) is 9.02. The third kappa shape index (κ3) is 2.96. The first kappa shape index (κ1) is 14.0. The Bertz CT molecular complexity index is 643. The minimum absolute atomic E-state index is 0.0243. The molecule has 0 N–H and O–H groups in total. The van der Waals surface area contributed by atoms with Gasteiger partial charge < -0.3 is 4.74 Å². The second-order valence-corrected chi connectivity index (χ2v) is 5.09. The van der Waals surface area contributed by atoms with Gasteiger partial charge in [-0.15, -0.1) is 0 Å². The summed E-state index contributed by atoms with van der Waals surface area (Å²) in [6.45, 7) is 0. The van der Waals surface area contributed by atoms with Crippen molar-refractivity contribution in [3.63, 3.8) is 0 Å². The fraction of sp³-hybridized carbons (Fsp3) is 0.0714. The van der Waals surface area contributed by atoms with Crippen LogP contribution in [0.1, 0.15) is 15.9 Å². The van der Waals surface area contributed by atoms with E-state index in [1.54, 1.807) is 12.1 Å². The standard InChI is InChI=1S/C14H9BrClFO2/c1-19-9-3-4-10(13(17)7-9)14(18)11-6-8(16)2-5-12(11)15/h2-7H,1H3. The molecule has 0 fully saturated rings. The lowest BCUT2D eigenvalue weighted by molar-refractivity contribution is 0.103. The minimum atomic E-state index is -0.628. The van der Waals surface area contributed by atoms with Crippen molar-refractivity contribution < 1.29 is 13.9 Å². The maximum Gasteiger partial charge on any atom is 0.197 e. The Morgan fingerprint density at radius 2 is 1.95 bits per heavy atom. The molecule has 98 valence electrons. The van der Waals surface area contributed by atoms with Crippen molar-refractivity contribution in [1.29, 1.82) is 0 Å². The highest BCUT2D eigenvalue weighted by atomic mass is 79.9. The zero-order valence-electron chi connectivity index (χ0n) is 9.91. The number of methoxy groups -OCH3 is 1. The van der Waals surface area contributed by atoms with E-state index in [0.717, 1.165) is 0 Å². The highest BCUT2D eigenvalue weighted by Crippen LogP contribution is 2.26. The van der Waals surface area contributed by atoms with Gasteiger partial charge in [-0.3, -0.25) is 4.79 Å². The molecule has 0 radical (unpaired) electrons. The molecule has 0 aromatic heterocycles. The predicted molar refractivity (Wildman–Crippen MR) is 75.5 cm³/mol. The lowest BCUT2D eigenvalue weighted by Crippen LogP contribution is -2.05. The van der Waals surface area contributed by atoms with Crippen LogP contribution in [0.25, 0.3) is 0 Å². The number of hydrogen-bond donors (Lipinski definition) is 0. The van der Waals surface area contributed by atoms with E-state index in [1.165, 1.54) is 31.4 Å². The molecule has 0 saturated heterocycles. The predicted octanol–water partition coefficient (Wildman–Crippen LogP) is 4.48. The van der Waals surface area contributed by atoms with E-state index in [0.29, 0.717) is 20.8 Å². The highest BCUT2D eigenvalue weighted by Gasteiger charge is 2.17. The normalized spacial score (nSPS) is 10.3. The molecule has 0 bridgehead atoms. The average molecular weight is 344 g/mol. The molecule has 2 aromatic rings. The molecule has 2 rings (SSSR count). The van der Waals surface area contributed by atoms with Gasteiger partial charge in [0, 0.05) is 21.1 Å². The van der Waals surface area contributed by atoms with Gasteiger partial charge >= 0.3 is 0 Å². The van der Waals surface area contributed by atoms with E-state index in [-0.39, 0.29) is 5.56 Å². The summed E-state index contributed by atoms with van der Waals surface area (Å²) >= 11 is 9.10. The first-order valence-corrected chi connectivity index (χ1v) is 6.53. The second-order valence-electron chi connectivity index (χ2n) is 3.80. The second kappa shape index (κ2) is 5.72. The Morgan fingerprint density at radius 1 is 1.21 bits per heavy atom. The number of rotatable bonds is 3. The van der Waals surface area contributed by atoms with Crippen LogP contribution >= 0.6 is 27.5 Å². The topological polar surface area (TPSA) is 26.3 Å². The van der Waals surface area contributed by atoms with Crippen molar-refractivity contribution in [2.24, 2.45) is 0 Å². The van der Waals surface area contributed by atoms with E-state index in [2.05, 4.69) is 15.9 Å². The fourth-order valence-corrected chi connectivity index (χ4v) is 2.22. The number of ketones is 1. The van der Waals surface area contributed by atoms with Crippen LogP contribution in [-0.2, 0) is 0 Å². The Labute approximate surface area is 123 Å². The monoisotopic (exact) mass is 342 g/mol. The Morgan fingerprint density at radius 3 is 2.58 bits per heavy atom. The van der Waals surface area contributed by atoms with E-state index in [4.69, 9.17) is 16.3 Å². The summed E-state index contributed by atoms with van der Waals surface area (Å²) in [5.74, 6) is -0.704. The summed E-state index contributed by atoms with van der Waals surface area (Å²) in [6.07, 6.45) is 0.